The number of nitrogens with one attached hydrogen (secondary N) is 1. The number of aryl methyl sites for hydroxylation is 1. The SMILES string of the molecule is Cn1cc(-c2cc(CCNS(=O)[O-])ccc2Oc2ccc(F)cc2F)c2oc(-c3ccc(OCCCO)cc3)cc2c1=O. The van der Waals surface area contributed by atoms with Gasteiger partial charge in [-0.05, 0) is 66.6 Å². The van der Waals surface area contributed by atoms with Crippen molar-refractivity contribution in [3.8, 4) is 39.7 Å². The number of rotatable bonds is 12. The molecule has 2 aromatic heterocycles. The van der Waals surface area contributed by atoms with E-state index in [0.29, 0.717) is 59.1 Å². The van der Waals surface area contributed by atoms with Crippen molar-refractivity contribution in [2.45, 2.75) is 12.8 Å². The zero-order valence-electron chi connectivity index (χ0n) is 23.0. The summed E-state index contributed by atoms with van der Waals surface area (Å²) < 4.78 is 71.5. The van der Waals surface area contributed by atoms with Crippen LogP contribution in [0, 0.1) is 11.6 Å². The van der Waals surface area contributed by atoms with Gasteiger partial charge in [-0.3, -0.25) is 9.00 Å². The van der Waals surface area contributed by atoms with Gasteiger partial charge >= 0.3 is 0 Å². The molecule has 5 aromatic rings. The van der Waals surface area contributed by atoms with E-state index in [2.05, 4.69) is 4.72 Å². The van der Waals surface area contributed by atoms with E-state index in [-0.39, 0.29) is 35.8 Å². The quantitative estimate of drug-likeness (QED) is 0.147. The molecule has 0 saturated carbocycles. The van der Waals surface area contributed by atoms with Crippen molar-refractivity contribution in [3.63, 3.8) is 0 Å². The summed E-state index contributed by atoms with van der Waals surface area (Å²) in [5, 5.41) is 9.25. The monoisotopic (exact) mass is 609 g/mol. The molecule has 0 spiro atoms. The van der Waals surface area contributed by atoms with Crippen molar-refractivity contribution in [1.82, 2.24) is 9.29 Å². The van der Waals surface area contributed by atoms with E-state index in [1.165, 1.54) is 10.6 Å². The molecule has 0 fully saturated rings. The average molecular weight is 610 g/mol. The molecular weight excluding hydrogens is 582 g/mol. The van der Waals surface area contributed by atoms with Gasteiger partial charge in [0.2, 0.25) is 0 Å². The zero-order valence-corrected chi connectivity index (χ0v) is 23.8. The second-order valence-electron chi connectivity index (χ2n) is 9.65. The number of halogens is 2. The molecule has 3 aromatic carbocycles. The molecule has 43 heavy (non-hydrogen) atoms. The lowest BCUT2D eigenvalue weighted by molar-refractivity contribution is 0.233. The summed E-state index contributed by atoms with van der Waals surface area (Å²) in [4.78, 5) is 13.2. The first-order valence-electron chi connectivity index (χ1n) is 13.3. The first kappa shape index (κ1) is 30.1. The number of aliphatic hydroxyl groups excluding tert-OH is 1. The number of benzene rings is 3. The van der Waals surface area contributed by atoms with Crippen LogP contribution in [0.25, 0.3) is 33.4 Å². The van der Waals surface area contributed by atoms with Crippen LogP contribution in [0.15, 0.2) is 82.1 Å². The van der Waals surface area contributed by atoms with E-state index < -0.39 is 22.9 Å². The molecule has 1 unspecified atom stereocenters. The van der Waals surface area contributed by atoms with Crippen LogP contribution in [0.5, 0.6) is 17.2 Å². The molecule has 1 atom stereocenters. The molecule has 2 N–H and O–H groups in total. The van der Waals surface area contributed by atoms with Crippen LogP contribution < -0.4 is 19.8 Å². The van der Waals surface area contributed by atoms with Gasteiger partial charge in [-0.2, -0.15) is 0 Å². The molecule has 12 heteroatoms. The Morgan fingerprint density at radius 1 is 1.02 bits per heavy atom. The summed E-state index contributed by atoms with van der Waals surface area (Å²) in [5.41, 5.74) is 2.29. The Labute approximate surface area is 247 Å². The van der Waals surface area contributed by atoms with Gasteiger partial charge in [0, 0.05) is 66.8 Å². The summed E-state index contributed by atoms with van der Waals surface area (Å²) in [6.07, 6.45) is 2.41. The fourth-order valence-electron chi connectivity index (χ4n) is 4.54. The molecule has 0 saturated heterocycles. The van der Waals surface area contributed by atoms with E-state index in [9.17, 15) is 22.3 Å². The molecule has 2 heterocycles. The molecular formula is C31H27F2N2O7S-. The number of ether oxygens (including phenoxy) is 2. The molecule has 224 valence electrons. The topological polar surface area (TPSA) is 126 Å². The van der Waals surface area contributed by atoms with Crippen LogP contribution in [-0.2, 0) is 24.7 Å². The Bertz CT molecular complexity index is 1840. The normalized spacial score (nSPS) is 12.0. The minimum absolute atomic E-state index is 0.0286. The highest BCUT2D eigenvalue weighted by Crippen LogP contribution is 2.40. The van der Waals surface area contributed by atoms with Crippen molar-refractivity contribution < 1.29 is 36.5 Å². The molecule has 0 aliphatic rings. The maximum Gasteiger partial charge on any atom is 0.261 e. The third-order valence-electron chi connectivity index (χ3n) is 6.64. The Morgan fingerprint density at radius 2 is 1.79 bits per heavy atom. The Kier molecular flexibility index (Phi) is 9.31. The fraction of sp³-hybridized carbons (Fsp3) is 0.194. The second kappa shape index (κ2) is 13.3. The summed E-state index contributed by atoms with van der Waals surface area (Å²) in [6, 6.07) is 16.7. The highest BCUT2D eigenvalue weighted by molar-refractivity contribution is 7.77. The van der Waals surface area contributed by atoms with Gasteiger partial charge in [-0.25, -0.2) is 13.5 Å². The maximum absolute atomic E-state index is 14.6. The average Bonchev–Trinajstić information content (AvgIpc) is 3.43. The van der Waals surface area contributed by atoms with Crippen molar-refractivity contribution >= 4 is 22.2 Å². The van der Waals surface area contributed by atoms with Crippen molar-refractivity contribution in [1.29, 1.82) is 0 Å². The molecule has 0 aliphatic carbocycles. The van der Waals surface area contributed by atoms with E-state index >= 15 is 0 Å². The van der Waals surface area contributed by atoms with E-state index in [0.717, 1.165) is 11.6 Å². The van der Waals surface area contributed by atoms with Crippen molar-refractivity contribution in [3.05, 3.63) is 100 Å². The third-order valence-corrected chi connectivity index (χ3v) is 7.08. The van der Waals surface area contributed by atoms with Gasteiger partial charge in [0.05, 0.1) is 12.0 Å². The van der Waals surface area contributed by atoms with Gasteiger partial charge in [-0.1, -0.05) is 6.07 Å². The van der Waals surface area contributed by atoms with Crippen LogP contribution in [0.3, 0.4) is 0 Å². The standard InChI is InChI=1S/C31H28F2N2O7S/c1-35-18-25(30-24(31(35)37)17-29(42-30)20-4-7-22(8-5-20)40-14-2-13-36)23-15-19(11-12-34-43(38)39)3-9-27(23)41-28-10-6-21(32)16-26(28)33/h3-10,15-18,34,36H,2,11-14H2,1H3,(H,38,39)/p-1. The predicted molar refractivity (Wildman–Crippen MR) is 157 cm³/mol. The lowest BCUT2D eigenvalue weighted by atomic mass is 10.0. The predicted octanol–water partition coefficient (Wildman–Crippen LogP) is 5.22. The highest BCUT2D eigenvalue weighted by Gasteiger charge is 2.20. The number of nitrogens with zero attached hydrogens (tertiary/aromatic N) is 1. The maximum atomic E-state index is 14.6. The largest absolute Gasteiger partial charge is 0.760 e. The Balaban J connectivity index is 1.60. The molecule has 9 nitrogen and oxygen atoms in total. The molecule has 0 radical (unpaired) electrons. The molecule has 0 amide bonds. The minimum atomic E-state index is -2.43. The van der Waals surface area contributed by atoms with Gasteiger partial charge in [0.1, 0.15) is 28.7 Å². The van der Waals surface area contributed by atoms with Crippen LogP contribution >= 0.6 is 0 Å². The number of fused-ring (bicyclic) bond motifs is 1. The van der Waals surface area contributed by atoms with Crippen LogP contribution in [0.2, 0.25) is 0 Å². The number of pyridine rings is 1. The smallest absolute Gasteiger partial charge is 0.261 e. The lowest BCUT2D eigenvalue weighted by Gasteiger charge is -2.15. The number of aliphatic hydroxyl groups is 1. The van der Waals surface area contributed by atoms with E-state index in [1.54, 1.807) is 61.8 Å². The van der Waals surface area contributed by atoms with Gasteiger partial charge < -0.3 is 28.1 Å². The Morgan fingerprint density at radius 3 is 2.51 bits per heavy atom. The molecule has 0 bridgehead atoms. The third kappa shape index (κ3) is 7.00. The van der Waals surface area contributed by atoms with Crippen LogP contribution in [0.1, 0.15) is 12.0 Å². The number of hydrogen-bond donors (Lipinski definition) is 2. The molecule has 0 aliphatic heterocycles. The number of hydrogen-bond acceptors (Lipinski definition) is 7. The second-order valence-corrected chi connectivity index (χ2v) is 10.4. The zero-order chi connectivity index (χ0) is 30.5. The summed E-state index contributed by atoms with van der Waals surface area (Å²) in [7, 11) is 1.59. The van der Waals surface area contributed by atoms with Gasteiger partial charge in [0.15, 0.2) is 11.6 Å². The van der Waals surface area contributed by atoms with E-state index in [1.807, 2.05) is 0 Å². The lowest BCUT2D eigenvalue weighted by Crippen LogP contribution is -2.19. The highest BCUT2D eigenvalue weighted by atomic mass is 32.2. The first-order valence-corrected chi connectivity index (χ1v) is 14.4. The van der Waals surface area contributed by atoms with Gasteiger partial charge in [0.25, 0.3) is 5.56 Å². The Hall–Kier alpha value is -4.36. The first-order chi connectivity index (χ1) is 20.7. The van der Waals surface area contributed by atoms with Crippen molar-refractivity contribution in [2.24, 2.45) is 7.05 Å². The number of furan rings is 1. The van der Waals surface area contributed by atoms with Crippen LogP contribution in [-0.4, -0.2) is 38.2 Å². The van der Waals surface area contributed by atoms with Crippen LogP contribution in [0.4, 0.5) is 8.78 Å². The summed E-state index contributed by atoms with van der Waals surface area (Å²) in [5.74, 6) is -0.611. The summed E-state index contributed by atoms with van der Waals surface area (Å²) >= 11 is -2.43. The minimum Gasteiger partial charge on any atom is -0.760 e. The fourth-order valence-corrected chi connectivity index (χ4v) is 4.81. The molecule has 5 rings (SSSR count). The summed E-state index contributed by atoms with van der Waals surface area (Å²) in [6.45, 7) is 0.534. The van der Waals surface area contributed by atoms with Gasteiger partial charge in [-0.15, -0.1) is 0 Å². The number of aromatic nitrogens is 1. The van der Waals surface area contributed by atoms with E-state index in [4.69, 9.17) is 19.0 Å². The van der Waals surface area contributed by atoms with Crippen molar-refractivity contribution in [2.75, 3.05) is 19.8 Å².